The molecule has 1 aromatic rings. The van der Waals surface area contributed by atoms with Crippen LogP contribution < -0.4 is 0 Å². The summed E-state index contributed by atoms with van der Waals surface area (Å²) in [6.45, 7) is 12.6. The monoisotopic (exact) mass is 358 g/mol. The van der Waals surface area contributed by atoms with E-state index in [0.29, 0.717) is 11.4 Å². The summed E-state index contributed by atoms with van der Waals surface area (Å²) in [5.74, 6) is -0.708. The molecule has 0 unspecified atom stereocenters. The molecule has 0 N–H and O–H groups in total. The standard InChI is InChI=1S/C22H27ClO2/c1-20(2,3)17-12-22(21(4,5)6)16(11-15(17)18(24)19(22)25)13-7-9-14(23)10-8-13/h7-10,12,15-16H,11H2,1-6H3/t15-,16+,22+/m1/s1. The summed E-state index contributed by atoms with van der Waals surface area (Å²) in [7, 11) is 0. The first-order valence-corrected chi connectivity index (χ1v) is 9.35. The summed E-state index contributed by atoms with van der Waals surface area (Å²) in [6.07, 6.45) is 2.86. The van der Waals surface area contributed by atoms with Crippen molar-refractivity contribution < 1.29 is 9.59 Å². The van der Waals surface area contributed by atoms with Crippen LogP contribution in [0.2, 0.25) is 5.02 Å². The van der Waals surface area contributed by atoms with Crippen LogP contribution in [0.1, 0.15) is 59.4 Å². The molecule has 2 nitrogen and oxygen atoms in total. The van der Waals surface area contributed by atoms with Crippen LogP contribution in [0.15, 0.2) is 35.9 Å². The first kappa shape index (κ1) is 18.4. The zero-order chi connectivity index (χ0) is 18.8. The molecule has 0 spiro atoms. The van der Waals surface area contributed by atoms with Crippen molar-refractivity contribution in [3.8, 4) is 0 Å². The average Bonchev–Trinajstić information content (AvgIpc) is 2.50. The third kappa shape index (κ3) is 2.61. The molecule has 0 heterocycles. The van der Waals surface area contributed by atoms with Gasteiger partial charge in [-0.25, -0.2) is 0 Å². The van der Waals surface area contributed by atoms with Crippen molar-refractivity contribution in [2.45, 2.75) is 53.9 Å². The van der Waals surface area contributed by atoms with Crippen molar-refractivity contribution in [3.63, 3.8) is 0 Å². The lowest BCUT2D eigenvalue weighted by atomic mass is 9.44. The molecule has 0 aliphatic heterocycles. The molecule has 0 saturated heterocycles. The number of rotatable bonds is 1. The van der Waals surface area contributed by atoms with Crippen LogP contribution >= 0.6 is 11.6 Å². The van der Waals surface area contributed by atoms with E-state index < -0.39 is 5.41 Å². The van der Waals surface area contributed by atoms with E-state index in [1.54, 1.807) is 0 Å². The summed E-state index contributed by atoms with van der Waals surface area (Å²) in [4.78, 5) is 26.2. The number of Topliss-reactive ketones (excluding diaryl/α,β-unsaturated/α-hetero) is 2. The van der Waals surface area contributed by atoms with Crippen LogP contribution in [0, 0.1) is 22.2 Å². The van der Waals surface area contributed by atoms with Crippen molar-refractivity contribution >= 4 is 23.2 Å². The van der Waals surface area contributed by atoms with Crippen LogP contribution in [-0.4, -0.2) is 11.6 Å². The molecular weight excluding hydrogens is 332 g/mol. The minimum Gasteiger partial charge on any atom is -0.290 e. The van der Waals surface area contributed by atoms with Crippen LogP contribution in [0.3, 0.4) is 0 Å². The molecule has 25 heavy (non-hydrogen) atoms. The maximum Gasteiger partial charge on any atom is 0.210 e. The highest BCUT2D eigenvalue weighted by Gasteiger charge is 2.63. The molecule has 0 amide bonds. The van der Waals surface area contributed by atoms with E-state index in [4.69, 9.17) is 11.6 Å². The number of hydrogen-bond donors (Lipinski definition) is 0. The molecular formula is C22H27ClO2. The molecule has 1 fully saturated rings. The van der Waals surface area contributed by atoms with E-state index in [1.807, 2.05) is 24.3 Å². The predicted molar refractivity (Wildman–Crippen MR) is 102 cm³/mol. The van der Waals surface area contributed by atoms with Crippen molar-refractivity contribution in [2.24, 2.45) is 22.2 Å². The summed E-state index contributed by atoms with van der Waals surface area (Å²) in [6, 6.07) is 7.75. The van der Waals surface area contributed by atoms with Gasteiger partial charge < -0.3 is 0 Å². The molecule has 3 heteroatoms. The number of allylic oxidation sites excluding steroid dienone is 2. The fourth-order valence-corrected chi connectivity index (χ4v) is 4.87. The van der Waals surface area contributed by atoms with Gasteiger partial charge in [-0.3, -0.25) is 9.59 Å². The lowest BCUT2D eigenvalue weighted by Gasteiger charge is -2.56. The van der Waals surface area contributed by atoms with Gasteiger partial charge in [-0.2, -0.15) is 0 Å². The Bertz CT molecular complexity index is 759. The second-order valence-electron chi connectivity index (χ2n) is 9.55. The Morgan fingerprint density at radius 1 is 1.00 bits per heavy atom. The van der Waals surface area contributed by atoms with E-state index in [2.05, 4.69) is 47.6 Å². The van der Waals surface area contributed by atoms with Crippen molar-refractivity contribution in [2.75, 3.05) is 0 Å². The topological polar surface area (TPSA) is 34.1 Å². The quantitative estimate of drug-likeness (QED) is 0.483. The van der Waals surface area contributed by atoms with Crippen molar-refractivity contribution in [3.05, 3.63) is 46.5 Å². The molecule has 2 bridgehead atoms. The van der Waals surface area contributed by atoms with Gasteiger partial charge in [0.05, 0.1) is 5.41 Å². The van der Waals surface area contributed by atoms with E-state index in [-0.39, 0.29) is 34.2 Å². The molecule has 0 aromatic heterocycles. The summed E-state index contributed by atoms with van der Waals surface area (Å²) >= 11 is 6.06. The Labute approximate surface area is 155 Å². The third-order valence-electron chi connectivity index (χ3n) is 6.08. The van der Waals surface area contributed by atoms with E-state index in [0.717, 1.165) is 11.1 Å². The van der Waals surface area contributed by atoms with Gasteiger partial charge >= 0.3 is 0 Å². The third-order valence-corrected chi connectivity index (χ3v) is 6.33. The largest absolute Gasteiger partial charge is 0.290 e. The van der Waals surface area contributed by atoms with Crippen molar-refractivity contribution in [1.29, 1.82) is 0 Å². The Hall–Kier alpha value is -1.41. The number of ketones is 2. The lowest BCUT2D eigenvalue weighted by molar-refractivity contribution is -0.153. The molecule has 3 aliphatic carbocycles. The first-order valence-electron chi connectivity index (χ1n) is 8.97. The average molecular weight is 359 g/mol. The van der Waals surface area contributed by atoms with Gasteiger partial charge in [0.25, 0.3) is 0 Å². The first-order chi connectivity index (χ1) is 11.4. The van der Waals surface area contributed by atoms with Gasteiger partial charge in [0.1, 0.15) is 0 Å². The van der Waals surface area contributed by atoms with Gasteiger partial charge in [-0.05, 0) is 34.9 Å². The summed E-state index contributed by atoms with van der Waals surface area (Å²) in [5.41, 5.74) is 0.940. The zero-order valence-corrected chi connectivity index (χ0v) is 16.7. The smallest absolute Gasteiger partial charge is 0.210 e. The van der Waals surface area contributed by atoms with Crippen molar-refractivity contribution in [1.82, 2.24) is 0 Å². The van der Waals surface area contributed by atoms with Crippen LogP contribution in [0.4, 0.5) is 0 Å². The molecule has 134 valence electrons. The minimum absolute atomic E-state index is 0.00562. The molecule has 3 atom stereocenters. The number of fused-ring (bicyclic) bond motifs is 2. The fourth-order valence-electron chi connectivity index (χ4n) is 4.74. The van der Waals surface area contributed by atoms with Gasteiger partial charge in [0.2, 0.25) is 11.6 Å². The van der Waals surface area contributed by atoms with E-state index >= 15 is 0 Å². The highest BCUT2D eigenvalue weighted by Crippen LogP contribution is 2.63. The lowest BCUT2D eigenvalue weighted by Crippen LogP contribution is -2.59. The van der Waals surface area contributed by atoms with Gasteiger partial charge in [-0.15, -0.1) is 0 Å². The summed E-state index contributed by atoms with van der Waals surface area (Å²) < 4.78 is 0. The second kappa shape index (κ2) is 5.54. The molecule has 1 saturated carbocycles. The summed E-state index contributed by atoms with van der Waals surface area (Å²) in [5, 5.41) is 0.683. The number of carbonyl (C=O) groups is 2. The van der Waals surface area contributed by atoms with Gasteiger partial charge in [0.15, 0.2) is 0 Å². The molecule has 1 aromatic carbocycles. The maximum atomic E-state index is 13.3. The Kier molecular flexibility index (Phi) is 4.07. The number of carbonyl (C=O) groups excluding carboxylic acids is 2. The fraction of sp³-hybridized carbons (Fsp3) is 0.545. The Morgan fingerprint density at radius 3 is 2.04 bits per heavy atom. The normalized spacial score (nSPS) is 29.8. The molecule has 4 rings (SSSR count). The molecule has 0 radical (unpaired) electrons. The second-order valence-corrected chi connectivity index (χ2v) is 9.99. The number of halogens is 1. The predicted octanol–water partition coefficient (Wildman–Crippen LogP) is 5.60. The maximum absolute atomic E-state index is 13.3. The van der Waals surface area contributed by atoms with Crippen LogP contribution in [-0.2, 0) is 9.59 Å². The van der Waals surface area contributed by atoms with E-state index in [9.17, 15) is 9.59 Å². The SMILES string of the molecule is CC(C)(C)C1=C[C@@]2(C(C)(C)C)C(=O)C(=O)[C@@H]1C[C@H]2c1ccc(Cl)cc1. The highest BCUT2D eigenvalue weighted by molar-refractivity contribution is 6.43. The highest BCUT2D eigenvalue weighted by atomic mass is 35.5. The van der Waals surface area contributed by atoms with E-state index in [1.165, 1.54) is 0 Å². The molecule has 3 aliphatic rings. The van der Waals surface area contributed by atoms with Gasteiger partial charge in [0, 0.05) is 16.9 Å². The van der Waals surface area contributed by atoms with Gasteiger partial charge in [-0.1, -0.05) is 76.9 Å². The zero-order valence-electron chi connectivity index (χ0n) is 15.9. The van der Waals surface area contributed by atoms with Crippen LogP contribution in [0.25, 0.3) is 0 Å². The Morgan fingerprint density at radius 2 is 1.56 bits per heavy atom. The number of benzene rings is 1. The minimum atomic E-state index is -0.796. The Balaban J connectivity index is 2.27. The number of hydrogen-bond acceptors (Lipinski definition) is 2. The van der Waals surface area contributed by atoms with Crippen LogP contribution in [0.5, 0.6) is 0 Å².